The molecule has 0 heterocycles. The lowest BCUT2D eigenvalue weighted by Crippen LogP contribution is -2.24. The van der Waals surface area contributed by atoms with Crippen LogP contribution in [0.5, 0.6) is 0 Å². The summed E-state index contributed by atoms with van der Waals surface area (Å²) in [4.78, 5) is 0. The van der Waals surface area contributed by atoms with Crippen molar-refractivity contribution >= 4 is 0 Å². The molecule has 0 aromatic heterocycles. The summed E-state index contributed by atoms with van der Waals surface area (Å²) in [5.74, 6) is 1.63. The molecule has 0 aliphatic heterocycles. The van der Waals surface area contributed by atoms with E-state index in [1.54, 1.807) is 5.56 Å². The number of hydrogen-bond donors (Lipinski definition) is 1. The molecule has 1 aliphatic carbocycles. The van der Waals surface area contributed by atoms with Crippen molar-refractivity contribution < 1.29 is 0 Å². The first kappa shape index (κ1) is 12.6. The van der Waals surface area contributed by atoms with Crippen molar-refractivity contribution in [2.45, 2.75) is 46.0 Å². The first-order valence-electron chi connectivity index (χ1n) is 7.00. The molecule has 2 rings (SSSR count). The summed E-state index contributed by atoms with van der Waals surface area (Å²) in [5, 5.41) is 3.52. The minimum absolute atomic E-state index is 0.787. The molecule has 1 N–H and O–H groups in total. The van der Waals surface area contributed by atoms with Crippen LogP contribution in [0.2, 0.25) is 0 Å². The summed E-state index contributed by atoms with van der Waals surface area (Å²) in [5.41, 5.74) is 4.46. The lowest BCUT2D eigenvalue weighted by atomic mass is 9.86. The maximum atomic E-state index is 3.52. The fraction of sp³-hybridized carbons (Fsp3) is 0.625. The zero-order valence-electron chi connectivity index (χ0n) is 11.4. The van der Waals surface area contributed by atoms with Gasteiger partial charge in [0.1, 0.15) is 0 Å². The van der Waals surface area contributed by atoms with Crippen molar-refractivity contribution in [1.29, 1.82) is 0 Å². The monoisotopic (exact) mass is 231 g/mol. The topological polar surface area (TPSA) is 12.0 Å². The largest absolute Gasteiger partial charge is 0.317 e. The second kappa shape index (κ2) is 5.68. The van der Waals surface area contributed by atoms with Crippen LogP contribution in [0, 0.1) is 19.8 Å². The van der Waals surface area contributed by atoms with Gasteiger partial charge in [0, 0.05) is 0 Å². The van der Waals surface area contributed by atoms with E-state index in [-0.39, 0.29) is 0 Å². The molecule has 94 valence electrons. The Kier molecular flexibility index (Phi) is 4.22. The van der Waals surface area contributed by atoms with Crippen molar-refractivity contribution in [2.24, 2.45) is 5.92 Å². The van der Waals surface area contributed by atoms with Crippen molar-refractivity contribution in [3.8, 4) is 0 Å². The van der Waals surface area contributed by atoms with Gasteiger partial charge in [-0.2, -0.15) is 0 Å². The zero-order chi connectivity index (χ0) is 12.3. The average Bonchev–Trinajstić information content (AvgIpc) is 2.74. The van der Waals surface area contributed by atoms with Crippen LogP contribution in [-0.2, 0) is 0 Å². The van der Waals surface area contributed by atoms with Gasteiger partial charge >= 0.3 is 0 Å². The first-order chi connectivity index (χ1) is 8.22. The molecule has 1 aromatic rings. The molecule has 0 bridgehead atoms. The Balaban J connectivity index is 2.14. The van der Waals surface area contributed by atoms with E-state index in [9.17, 15) is 0 Å². The molecule has 1 fully saturated rings. The molecule has 0 spiro atoms. The molecular formula is C16H25N. The molecule has 1 nitrogen and oxygen atoms in total. The standard InChI is InChI=1S/C16H25N/c1-4-17-11-14-6-5-7-16(14)15-9-8-12(2)10-13(15)3/h8-10,14,16-17H,4-7,11H2,1-3H3. The highest BCUT2D eigenvalue weighted by Crippen LogP contribution is 2.40. The van der Waals surface area contributed by atoms with Gasteiger partial charge < -0.3 is 5.32 Å². The van der Waals surface area contributed by atoms with Gasteiger partial charge in [-0.1, -0.05) is 37.1 Å². The Morgan fingerprint density at radius 3 is 2.76 bits per heavy atom. The highest BCUT2D eigenvalue weighted by Gasteiger charge is 2.28. The van der Waals surface area contributed by atoms with Crippen LogP contribution in [0.25, 0.3) is 0 Å². The summed E-state index contributed by atoms with van der Waals surface area (Å²) < 4.78 is 0. The third kappa shape index (κ3) is 2.90. The molecule has 0 saturated heterocycles. The van der Waals surface area contributed by atoms with Gasteiger partial charge in [0.25, 0.3) is 0 Å². The van der Waals surface area contributed by atoms with Crippen molar-refractivity contribution in [3.05, 3.63) is 34.9 Å². The molecule has 0 radical (unpaired) electrons. The number of rotatable bonds is 4. The quantitative estimate of drug-likeness (QED) is 0.831. The normalized spacial score (nSPS) is 24.2. The number of nitrogens with one attached hydrogen (secondary N) is 1. The number of aryl methyl sites for hydroxylation is 2. The van der Waals surface area contributed by atoms with Crippen LogP contribution in [0.4, 0.5) is 0 Å². The maximum absolute atomic E-state index is 3.52. The van der Waals surface area contributed by atoms with Gasteiger partial charge in [-0.25, -0.2) is 0 Å². The molecule has 2 unspecified atom stereocenters. The third-order valence-electron chi connectivity index (χ3n) is 4.14. The van der Waals surface area contributed by atoms with E-state index in [0.717, 1.165) is 18.4 Å². The van der Waals surface area contributed by atoms with Crippen LogP contribution in [-0.4, -0.2) is 13.1 Å². The van der Waals surface area contributed by atoms with E-state index < -0.39 is 0 Å². The Bertz CT molecular complexity index is 370. The Morgan fingerprint density at radius 2 is 2.06 bits per heavy atom. The second-order valence-electron chi connectivity index (χ2n) is 5.47. The van der Waals surface area contributed by atoms with E-state index in [0.29, 0.717) is 0 Å². The highest BCUT2D eigenvalue weighted by atomic mass is 14.8. The summed E-state index contributed by atoms with van der Waals surface area (Å²) >= 11 is 0. The predicted molar refractivity (Wildman–Crippen MR) is 74.5 cm³/mol. The van der Waals surface area contributed by atoms with Crippen LogP contribution in [0.3, 0.4) is 0 Å². The summed E-state index contributed by atoms with van der Waals surface area (Å²) in [6.07, 6.45) is 4.17. The minimum atomic E-state index is 0.787. The summed E-state index contributed by atoms with van der Waals surface area (Å²) in [7, 11) is 0. The van der Waals surface area contributed by atoms with Gasteiger partial charge in [-0.15, -0.1) is 0 Å². The Morgan fingerprint density at radius 1 is 1.24 bits per heavy atom. The lowest BCUT2D eigenvalue weighted by molar-refractivity contribution is 0.449. The van der Waals surface area contributed by atoms with E-state index in [1.165, 1.54) is 36.9 Å². The molecule has 0 amide bonds. The van der Waals surface area contributed by atoms with Gasteiger partial charge in [0.2, 0.25) is 0 Å². The van der Waals surface area contributed by atoms with Crippen molar-refractivity contribution in [3.63, 3.8) is 0 Å². The zero-order valence-corrected chi connectivity index (χ0v) is 11.4. The second-order valence-corrected chi connectivity index (χ2v) is 5.47. The van der Waals surface area contributed by atoms with Gasteiger partial charge in [0.15, 0.2) is 0 Å². The van der Waals surface area contributed by atoms with E-state index in [2.05, 4.69) is 44.3 Å². The van der Waals surface area contributed by atoms with Gasteiger partial charge in [-0.3, -0.25) is 0 Å². The van der Waals surface area contributed by atoms with E-state index in [1.807, 2.05) is 0 Å². The fourth-order valence-corrected chi connectivity index (χ4v) is 3.26. The predicted octanol–water partition coefficient (Wildman–Crippen LogP) is 3.80. The number of hydrogen-bond acceptors (Lipinski definition) is 1. The van der Waals surface area contributed by atoms with Crippen molar-refractivity contribution in [1.82, 2.24) is 5.32 Å². The van der Waals surface area contributed by atoms with Crippen LogP contribution < -0.4 is 5.32 Å². The fourth-order valence-electron chi connectivity index (χ4n) is 3.26. The van der Waals surface area contributed by atoms with Crippen LogP contribution in [0.1, 0.15) is 48.8 Å². The molecule has 1 heteroatoms. The molecule has 17 heavy (non-hydrogen) atoms. The molecule has 2 atom stereocenters. The SMILES string of the molecule is CCNCC1CCCC1c1ccc(C)cc1C. The molecule has 1 aliphatic rings. The third-order valence-corrected chi connectivity index (χ3v) is 4.14. The minimum Gasteiger partial charge on any atom is -0.317 e. The maximum Gasteiger partial charge on any atom is -0.00148 e. The summed E-state index contributed by atoms with van der Waals surface area (Å²) in [6, 6.07) is 6.96. The first-order valence-corrected chi connectivity index (χ1v) is 7.00. The lowest BCUT2D eigenvalue weighted by Gasteiger charge is -2.22. The van der Waals surface area contributed by atoms with Gasteiger partial charge in [-0.05, 0) is 62.7 Å². The summed E-state index contributed by atoms with van der Waals surface area (Å²) in [6.45, 7) is 8.93. The van der Waals surface area contributed by atoms with Crippen LogP contribution >= 0.6 is 0 Å². The number of benzene rings is 1. The Labute approximate surface area is 106 Å². The Hall–Kier alpha value is -0.820. The smallest absolute Gasteiger partial charge is 0.00148 e. The van der Waals surface area contributed by atoms with E-state index >= 15 is 0 Å². The van der Waals surface area contributed by atoms with Crippen LogP contribution in [0.15, 0.2) is 18.2 Å². The van der Waals surface area contributed by atoms with Crippen molar-refractivity contribution in [2.75, 3.05) is 13.1 Å². The van der Waals surface area contributed by atoms with E-state index in [4.69, 9.17) is 0 Å². The van der Waals surface area contributed by atoms with Gasteiger partial charge in [0.05, 0.1) is 0 Å². The average molecular weight is 231 g/mol. The molecular weight excluding hydrogens is 206 g/mol. The molecule has 1 saturated carbocycles. The molecule has 1 aromatic carbocycles. The highest BCUT2D eigenvalue weighted by molar-refractivity contribution is 5.34.